The van der Waals surface area contributed by atoms with Crippen LogP contribution in [0, 0.1) is 0 Å². The number of aliphatic hydroxyl groups excluding tert-OH is 2. The Labute approximate surface area is 70.7 Å². The van der Waals surface area contributed by atoms with E-state index >= 15 is 0 Å². The maximum Gasteiger partial charge on any atom is 0.252 e. The monoisotopic (exact) mass is 175 g/mol. The van der Waals surface area contributed by atoms with Gasteiger partial charge in [-0.2, -0.15) is 0 Å². The van der Waals surface area contributed by atoms with Gasteiger partial charge in [-0.3, -0.25) is 14.9 Å². The van der Waals surface area contributed by atoms with Gasteiger partial charge in [0.25, 0.3) is 5.91 Å². The summed E-state index contributed by atoms with van der Waals surface area (Å²) in [6.45, 7) is 4.58. The molecule has 5 nitrogen and oxygen atoms in total. The first-order valence-corrected chi connectivity index (χ1v) is 3.21. The van der Waals surface area contributed by atoms with Crippen LogP contribution in [-0.4, -0.2) is 35.7 Å². The molecule has 0 spiro atoms. The predicted molar refractivity (Wildman–Crippen MR) is 43.2 cm³/mol. The van der Waals surface area contributed by atoms with Crippen LogP contribution in [0.2, 0.25) is 0 Å². The highest BCUT2D eigenvalue weighted by Crippen LogP contribution is 1.81. The molecular weight excluding hydrogens is 162 g/mol. The Balaban J connectivity index is 0. The van der Waals surface area contributed by atoms with E-state index in [1.165, 1.54) is 6.92 Å². The average Bonchev–Trinajstić information content (AvgIpc) is 2.05. The van der Waals surface area contributed by atoms with E-state index in [-0.39, 0.29) is 13.2 Å². The second kappa shape index (κ2) is 9.80. The zero-order valence-corrected chi connectivity index (χ0v) is 6.91. The number of rotatable bonds is 3. The summed E-state index contributed by atoms with van der Waals surface area (Å²) in [5.74, 6) is -0.431. The van der Waals surface area contributed by atoms with Gasteiger partial charge in [0.15, 0.2) is 0 Å². The third-order valence-electron chi connectivity index (χ3n) is 0.678. The van der Waals surface area contributed by atoms with Crippen LogP contribution in [0.4, 0.5) is 0 Å². The van der Waals surface area contributed by atoms with Crippen molar-refractivity contribution in [3.63, 3.8) is 0 Å². The van der Waals surface area contributed by atoms with Crippen molar-refractivity contribution < 1.29 is 19.8 Å². The van der Waals surface area contributed by atoms with Gasteiger partial charge < -0.3 is 10.2 Å². The lowest BCUT2D eigenvalue weighted by Gasteiger charge is -1.90. The number of aliphatic hydroxyl groups is 2. The lowest BCUT2D eigenvalue weighted by atomic mass is 10.3. The van der Waals surface area contributed by atoms with E-state index in [0.29, 0.717) is 12.0 Å². The standard InChI is InChI=1S/C5H7NO2.C2H6O2/c1-4(2)5(8)6-3-7;3-1-2-4/h3H,1H2,2H3,(H,6,7,8);3-4H,1-2H2. The molecule has 0 fully saturated rings. The van der Waals surface area contributed by atoms with Crippen LogP contribution in [0.15, 0.2) is 12.2 Å². The normalized spacial score (nSPS) is 7.58. The van der Waals surface area contributed by atoms with Gasteiger partial charge in [0.1, 0.15) is 0 Å². The van der Waals surface area contributed by atoms with Gasteiger partial charge in [-0.05, 0) is 6.92 Å². The fourth-order valence-corrected chi connectivity index (χ4v) is 0.177. The zero-order chi connectivity index (χ0) is 9.98. The van der Waals surface area contributed by atoms with E-state index < -0.39 is 5.91 Å². The van der Waals surface area contributed by atoms with Crippen molar-refractivity contribution in [1.82, 2.24) is 5.32 Å². The van der Waals surface area contributed by atoms with Gasteiger partial charge in [0, 0.05) is 5.57 Å². The van der Waals surface area contributed by atoms with Crippen LogP contribution in [0.5, 0.6) is 0 Å². The molecule has 0 radical (unpaired) electrons. The van der Waals surface area contributed by atoms with Crippen molar-refractivity contribution in [3.05, 3.63) is 12.2 Å². The highest BCUT2D eigenvalue weighted by atomic mass is 16.3. The third-order valence-corrected chi connectivity index (χ3v) is 0.678. The molecule has 0 saturated carbocycles. The Kier molecular flexibility index (Phi) is 10.9. The van der Waals surface area contributed by atoms with E-state index in [1.807, 2.05) is 5.32 Å². The number of nitrogens with one attached hydrogen (secondary N) is 1. The molecule has 0 saturated heterocycles. The van der Waals surface area contributed by atoms with Crippen LogP contribution in [-0.2, 0) is 9.59 Å². The number of carbonyl (C=O) groups excluding carboxylic acids is 2. The Hall–Kier alpha value is -1.20. The number of imide groups is 1. The summed E-state index contributed by atoms with van der Waals surface area (Å²) in [6, 6.07) is 0. The molecule has 0 aliphatic heterocycles. The number of hydrogen-bond acceptors (Lipinski definition) is 4. The molecule has 12 heavy (non-hydrogen) atoms. The van der Waals surface area contributed by atoms with Gasteiger partial charge in [0.2, 0.25) is 6.41 Å². The third kappa shape index (κ3) is 11.6. The molecule has 0 rings (SSSR count). The summed E-state index contributed by atoms with van der Waals surface area (Å²) in [4.78, 5) is 19.8. The minimum atomic E-state index is -0.431. The van der Waals surface area contributed by atoms with Crippen LogP contribution >= 0.6 is 0 Å². The molecule has 2 amide bonds. The largest absolute Gasteiger partial charge is 0.394 e. The summed E-state index contributed by atoms with van der Waals surface area (Å²) in [7, 11) is 0. The lowest BCUT2D eigenvalue weighted by molar-refractivity contribution is -0.122. The van der Waals surface area contributed by atoms with Crippen molar-refractivity contribution in [2.75, 3.05) is 13.2 Å². The highest BCUT2D eigenvalue weighted by molar-refractivity contribution is 5.98. The highest BCUT2D eigenvalue weighted by Gasteiger charge is 1.95. The quantitative estimate of drug-likeness (QED) is 0.371. The summed E-state index contributed by atoms with van der Waals surface area (Å²) in [5, 5.41) is 17.2. The lowest BCUT2D eigenvalue weighted by Crippen LogP contribution is -2.21. The first kappa shape index (κ1) is 13.4. The Morgan fingerprint density at radius 3 is 2.00 bits per heavy atom. The van der Waals surface area contributed by atoms with Crippen molar-refractivity contribution in [1.29, 1.82) is 0 Å². The number of carbonyl (C=O) groups is 2. The predicted octanol–water partition coefficient (Wildman–Crippen LogP) is -1.19. The van der Waals surface area contributed by atoms with Crippen molar-refractivity contribution >= 4 is 12.3 Å². The Bertz CT molecular complexity index is 153. The minimum absolute atomic E-state index is 0.125. The molecule has 3 N–H and O–H groups in total. The van der Waals surface area contributed by atoms with E-state index in [2.05, 4.69) is 6.58 Å². The van der Waals surface area contributed by atoms with Gasteiger partial charge in [0.05, 0.1) is 13.2 Å². The second-order valence-corrected chi connectivity index (χ2v) is 1.82. The first-order valence-electron chi connectivity index (χ1n) is 3.21. The summed E-state index contributed by atoms with van der Waals surface area (Å²) >= 11 is 0. The molecule has 0 bridgehead atoms. The average molecular weight is 175 g/mol. The Morgan fingerprint density at radius 1 is 1.50 bits per heavy atom. The molecule has 70 valence electrons. The molecule has 0 aromatic carbocycles. The van der Waals surface area contributed by atoms with Gasteiger partial charge in [-0.15, -0.1) is 0 Å². The van der Waals surface area contributed by atoms with Crippen LogP contribution in [0.3, 0.4) is 0 Å². The molecule has 0 heterocycles. The molecule has 5 heteroatoms. The summed E-state index contributed by atoms with van der Waals surface area (Å²) in [5.41, 5.74) is 0.331. The summed E-state index contributed by atoms with van der Waals surface area (Å²) in [6.07, 6.45) is 0.330. The maximum atomic E-state index is 10.3. The molecule has 0 aromatic heterocycles. The molecular formula is C7H13NO4. The van der Waals surface area contributed by atoms with Crippen molar-refractivity contribution in [2.45, 2.75) is 6.92 Å². The molecule has 0 aliphatic carbocycles. The number of hydrogen-bond donors (Lipinski definition) is 3. The van der Waals surface area contributed by atoms with Gasteiger partial charge >= 0.3 is 0 Å². The van der Waals surface area contributed by atoms with Gasteiger partial charge in [-0.25, -0.2) is 0 Å². The molecule has 0 atom stereocenters. The smallest absolute Gasteiger partial charge is 0.252 e. The van der Waals surface area contributed by atoms with Crippen molar-refractivity contribution in [3.8, 4) is 0 Å². The van der Waals surface area contributed by atoms with Crippen LogP contribution < -0.4 is 5.32 Å². The first-order chi connectivity index (χ1) is 5.59. The van der Waals surface area contributed by atoms with E-state index in [0.717, 1.165) is 0 Å². The minimum Gasteiger partial charge on any atom is -0.394 e. The van der Waals surface area contributed by atoms with Gasteiger partial charge in [-0.1, -0.05) is 6.58 Å². The molecule has 0 aromatic rings. The summed E-state index contributed by atoms with van der Waals surface area (Å²) < 4.78 is 0. The van der Waals surface area contributed by atoms with E-state index in [9.17, 15) is 9.59 Å². The van der Waals surface area contributed by atoms with E-state index in [1.54, 1.807) is 0 Å². The topological polar surface area (TPSA) is 86.6 Å². The van der Waals surface area contributed by atoms with Crippen LogP contribution in [0.1, 0.15) is 6.92 Å². The SMILES string of the molecule is C=C(C)C(=O)NC=O.OCCO. The fraction of sp³-hybridized carbons (Fsp3) is 0.429. The Morgan fingerprint density at radius 2 is 1.92 bits per heavy atom. The second-order valence-electron chi connectivity index (χ2n) is 1.82. The fourth-order valence-electron chi connectivity index (χ4n) is 0.177. The molecule has 0 unspecified atom stereocenters. The molecule has 0 aliphatic rings. The maximum absolute atomic E-state index is 10.3. The number of amides is 2. The van der Waals surface area contributed by atoms with E-state index in [4.69, 9.17) is 10.2 Å². The van der Waals surface area contributed by atoms with Crippen LogP contribution in [0.25, 0.3) is 0 Å². The van der Waals surface area contributed by atoms with Crippen molar-refractivity contribution in [2.24, 2.45) is 0 Å². The zero-order valence-electron chi connectivity index (χ0n) is 6.91.